The summed E-state index contributed by atoms with van der Waals surface area (Å²) in [5.41, 5.74) is -0.913. The van der Waals surface area contributed by atoms with Crippen LogP contribution >= 0.6 is 11.6 Å². The Hall–Kier alpha value is -2.50. The molecule has 1 aromatic heterocycles. The van der Waals surface area contributed by atoms with Crippen LogP contribution in [-0.2, 0) is 16.8 Å². The molecule has 0 aliphatic carbocycles. The molecule has 1 N–H and O–H groups in total. The topological polar surface area (TPSA) is 97.8 Å². The molecule has 8 nitrogen and oxygen atoms in total. The number of nitrogens with zero attached hydrogens (tertiary/aromatic N) is 2. The van der Waals surface area contributed by atoms with Crippen LogP contribution < -0.4 is 14.2 Å². The van der Waals surface area contributed by atoms with Crippen molar-refractivity contribution in [2.45, 2.75) is 33.0 Å². The fourth-order valence-electron chi connectivity index (χ4n) is 2.59. The molecule has 1 fully saturated rings. The molecule has 1 aliphatic rings. The molecule has 0 spiro atoms. The van der Waals surface area contributed by atoms with Gasteiger partial charge in [0.15, 0.2) is 0 Å². The van der Waals surface area contributed by atoms with Crippen LogP contribution in [0.2, 0.25) is 5.02 Å². The van der Waals surface area contributed by atoms with Crippen molar-refractivity contribution < 1.29 is 31.5 Å². The number of pyridine rings is 1. The number of amides is 1. The van der Waals surface area contributed by atoms with Crippen molar-refractivity contribution in [3.05, 3.63) is 52.2 Å². The van der Waals surface area contributed by atoms with Crippen LogP contribution in [0.1, 0.15) is 36.2 Å². The molecule has 0 atom stereocenters. The summed E-state index contributed by atoms with van der Waals surface area (Å²) in [6, 6.07) is 2.81. The van der Waals surface area contributed by atoms with Gasteiger partial charge in [-0.05, 0) is 32.4 Å². The van der Waals surface area contributed by atoms with Crippen LogP contribution in [0.5, 0.6) is 11.6 Å². The maximum atomic E-state index is 14.4. The second-order valence-corrected chi connectivity index (χ2v) is 9.10. The Balaban J connectivity index is 1.69. The van der Waals surface area contributed by atoms with Crippen molar-refractivity contribution >= 4 is 27.7 Å². The van der Waals surface area contributed by atoms with E-state index in [4.69, 9.17) is 21.1 Å². The lowest BCUT2D eigenvalue weighted by Gasteiger charge is -2.29. The summed E-state index contributed by atoms with van der Waals surface area (Å²) in [5.74, 6) is -2.87. The van der Waals surface area contributed by atoms with E-state index in [2.05, 4.69) is 4.98 Å². The second-order valence-electron chi connectivity index (χ2n) is 7.03. The first kappa shape index (κ1) is 23.2. The number of nitrogens with one attached hydrogen (secondary N) is 1. The standard InChI is InChI=1S/C19H20ClF2N3O5S/c1-11(2)30-19-15(20)7-13(9-23-19)29-10-12-6-17(22)14(8-16(12)21)18(26)24-31(27,28)25-4-3-5-25/h6-9,11H,3-5,10H2,1-2H3,(H,24,26). The highest BCUT2D eigenvalue weighted by Crippen LogP contribution is 2.27. The third kappa shape index (κ3) is 5.60. The highest BCUT2D eigenvalue weighted by atomic mass is 35.5. The molecule has 12 heteroatoms. The van der Waals surface area contributed by atoms with Gasteiger partial charge >= 0.3 is 10.2 Å². The van der Waals surface area contributed by atoms with Crippen molar-refractivity contribution in [1.29, 1.82) is 0 Å². The molecule has 2 aromatic rings. The van der Waals surface area contributed by atoms with Crippen LogP contribution in [0.25, 0.3) is 0 Å². The molecular formula is C19H20ClF2N3O5S. The van der Waals surface area contributed by atoms with Gasteiger partial charge in [0, 0.05) is 24.7 Å². The number of hydrogen-bond donors (Lipinski definition) is 1. The van der Waals surface area contributed by atoms with Gasteiger partial charge in [-0.25, -0.2) is 18.5 Å². The Morgan fingerprint density at radius 2 is 1.97 bits per heavy atom. The molecule has 1 aliphatic heterocycles. The summed E-state index contributed by atoms with van der Waals surface area (Å²) in [5, 5.41) is 0.188. The normalized spacial score (nSPS) is 14.3. The van der Waals surface area contributed by atoms with E-state index >= 15 is 0 Å². The van der Waals surface area contributed by atoms with Crippen molar-refractivity contribution in [2.24, 2.45) is 0 Å². The first-order valence-corrected chi connectivity index (χ1v) is 11.1. The third-order valence-electron chi connectivity index (χ3n) is 4.28. The Kier molecular flexibility index (Phi) is 6.97. The monoisotopic (exact) mass is 475 g/mol. The lowest BCUT2D eigenvalue weighted by atomic mass is 10.1. The molecule has 2 heterocycles. The minimum absolute atomic E-state index is 0.134. The Morgan fingerprint density at radius 1 is 1.26 bits per heavy atom. The maximum Gasteiger partial charge on any atom is 0.304 e. The lowest BCUT2D eigenvalue weighted by Crippen LogP contribution is -2.49. The molecule has 31 heavy (non-hydrogen) atoms. The zero-order valence-electron chi connectivity index (χ0n) is 16.7. The molecule has 0 saturated carbocycles. The van der Waals surface area contributed by atoms with Crippen LogP contribution in [0.4, 0.5) is 8.78 Å². The van der Waals surface area contributed by atoms with Gasteiger partial charge in [0.25, 0.3) is 5.91 Å². The number of hydrogen-bond acceptors (Lipinski definition) is 6. The number of ether oxygens (including phenoxy) is 2. The van der Waals surface area contributed by atoms with Crippen LogP contribution in [-0.4, -0.2) is 42.8 Å². The molecule has 1 amide bonds. The van der Waals surface area contributed by atoms with Crippen LogP contribution in [0.15, 0.2) is 24.4 Å². The van der Waals surface area contributed by atoms with E-state index < -0.39 is 33.3 Å². The number of benzene rings is 1. The second kappa shape index (κ2) is 9.33. The highest BCUT2D eigenvalue weighted by molar-refractivity contribution is 7.87. The van der Waals surface area contributed by atoms with Crippen LogP contribution in [0, 0.1) is 11.6 Å². The molecule has 0 unspecified atom stereocenters. The summed E-state index contributed by atoms with van der Waals surface area (Å²) >= 11 is 6.06. The molecule has 1 aromatic carbocycles. The maximum absolute atomic E-state index is 14.4. The average molecular weight is 476 g/mol. The van der Waals surface area contributed by atoms with E-state index in [9.17, 15) is 22.0 Å². The lowest BCUT2D eigenvalue weighted by molar-refractivity contribution is 0.0973. The predicted octanol–water partition coefficient (Wildman–Crippen LogP) is 3.06. The van der Waals surface area contributed by atoms with Crippen molar-refractivity contribution in [3.8, 4) is 11.6 Å². The number of carbonyl (C=O) groups is 1. The minimum Gasteiger partial charge on any atom is -0.487 e. The quantitative estimate of drug-likeness (QED) is 0.630. The van der Waals surface area contributed by atoms with E-state index in [1.165, 1.54) is 12.3 Å². The first-order chi connectivity index (χ1) is 14.6. The van der Waals surface area contributed by atoms with Gasteiger partial charge in [0.05, 0.1) is 17.9 Å². The minimum atomic E-state index is -4.08. The van der Waals surface area contributed by atoms with E-state index in [0.29, 0.717) is 12.5 Å². The number of rotatable bonds is 8. The Labute approximate surface area is 183 Å². The zero-order valence-corrected chi connectivity index (χ0v) is 18.3. The van der Waals surface area contributed by atoms with Gasteiger partial charge < -0.3 is 9.47 Å². The molecule has 0 bridgehead atoms. The first-order valence-electron chi connectivity index (χ1n) is 9.32. The predicted molar refractivity (Wildman–Crippen MR) is 108 cm³/mol. The van der Waals surface area contributed by atoms with Crippen LogP contribution in [0.3, 0.4) is 0 Å². The van der Waals surface area contributed by atoms with Crippen molar-refractivity contribution in [2.75, 3.05) is 13.1 Å². The average Bonchev–Trinajstić information content (AvgIpc) is 2.61. The van der Waals surface area contributed by atoms with E-state index in [-0.39, 0.29) is 48.0 Å². The number of halogens is 3. The molecule has 0 radical (unpaired) electrons. The van der Waals surface area contributed by atoms with E-state index in [0.717, 1.165) is 10.4 Å². The smallest absolute Gasteiger partial charge is 0.304 e. The van der Waals surface area contributed by atoms with Crippen molar-refractivity contribution in [3.63, 3.8) is 0 Å². The van der Waals surface area contributed by atoms with Gasteiger partial charge in [-0.3, -0.25) is 4.79 Å². The SMILES string of the molecule is CC(C)Oc1ncc(OCc2cc(F)c(C(=O)NS(=O)(=O)N3CCC3)cc2F)cc1Cl. The Morgan fingerprint density at radius 3 is 2.55 bits per heavy atom. The largest absolute Gasteiger partial charge is 0.487 e. The van der Waals surface area contributed by atoms with Gasteiger partial charge in [-0.2, -0.15) is 12.7 Å². The number of aromatic nitrogens is 1. The van der Waals surface area contributed by atoms with Crippen molar-refractivity contribution in [1.82, 2.24) is 14.0 Å². The molecule has 1 saturated heterocycles. The highest BCUT2D eigenvalue weighted by Gasteiger charge is 2.30. The summed E-state index contributed by atoms with van der Waals surface area (Å²) in [6.45, 7) is 3.77. The Bertz CT molecular complexity index is 1090. The van der Waals surface area contributed by atoms with Gasteiger partial charge in [0.1, 0.15) is 29.0 Å². The number of carbonyl (C=O) groups excluding carboxylic acids is 1. The molecule has 168 valence electrons. The van der Waals surface area contributed by atoms with E-state index in [1.54, 1.807) is 4.72 Å². The van der Waals surface area contributed by atoms with Gasteiger partial charge in [-0.15, -0.1) is 0 Å². The van der Waals surface area contributed by atoms with Gasteiger partial charge in [-0.1, -0.05) is 11.6 Å². The fraction of sp³-hybridized carbons (Fsp3) is 0.368. The summed E-state index contributed by atoms with van der Waals surface area (Å²) in [6.07, 6.45) is 1.85. The zero-order chi connectivity index (χ0) is 22.8. The molecular weight excluding hydrogens is 456 g/mol. The summed E-state index contributed by atoms with van der Waals surface area (Å²) in [7, 11) is -4.08. The third-order valence-corrected chi connectivity index (χ3v) is 6.04. The van der Waals surface area contributed by atoms with E-state index in [1.807, 2.05) is 13.8 Å². The molecule has 3 rings (SSSR count). The van der Waals surface area contributed by atoms with Gasteiger partial charge in [0.2, 0.25) is 5.88 Å². The summed E-state index contributed by atoms with van der Waals surface area (Å²) in [4.78, 5) is 16.1. The summed E-state index contributed by atoms with van der Waals surface area (Å²) < 4.78 is 66.2. The fourth-order valence-corrected chi connectivity index (χ4v) is 4.01.